The third kappa shape index (κ3) is 3.41. The molecule has 1 aromatic heterocycles. The van der Waals surface area contributed by atoms with Gasteiger partial charge in [0, 0.05) is 6.20 Å². The standard InChI is InChI=1S/C8H7N.2C2H6/c1-3-7-4-2-6-9-8(7)5-1;2*1-2/h1-2,4-6H,3H2;2*1-2H3. The predicted molar refractivity (Wildman–Crippen MR) is 59.7 cm³/mol. The fourth-order valence-electron chi connectivity index (χ4n) is 1.07. The largest absolute Gasteiger partial charge is 0.257 e. The fourth-order valence-corrected chi connectivity index (χ4v) is 1.07. The second-order valence-corrected chi connectivity index (χ2v) is 2.15. The first-order valence-electron chi connectivity index (χ1n) is 5.07. The van der Waals surface area contributed by atoms with E-state index in [1.165, 1.54) is 5.56 Å². The van der Waals surface area contributed by atoms with Crippen LogP contribution in [0.3, 0.4) is 0 Å². The van der Waals surface area contributed by atoms with Crippen LogP contribution in [0.25, 0.3) is 6.08 Å². The van der Waals surface area contributed by atoms with Gasteiger partial charge in [-0.05, 0) is 24.1 Å². The summed E-state index contributed by atoms with van der Waals surface area (Å²) in [6.07, 6.45) is 7.09. The molecule has 2 rings (SSSR count). The zero-order valence-electron chi connectivity index (χ0n) is 9.04. The number of allylic oxidation sites excluding steroid dienone is 1. The summed E-state index contributed by atoms with van der Waals surface area (Å²) in [5.74, 6) is 0. The van der Waals surface area contributed by atoms with Gasteiger partial charge < -0.3 is 0 Å². The highest BCUT2D eigenvalue weighted by Crippen LogP contribution is 2.14. The minimum atomic E-state index is 1.06. The van der Waals surface area contributed by atoms with Crippen molar-refractivity contribution in [1.29, 1.82) is 0 Å². The lowest BCUT2D eigenvalue weighted by Gasteiger charge is -1.92. The Bertz CT molecular complexity index is 251. The fraction of sp³-hybridized carbons (Fsp3) is 0.417. The van der Waals surface area contributed by atoms with Gasteiger partial charge in [-0.15, -0.1) is 0 Å². The summed E-state index contributed by atoms with van der Waals surface area (Å²) >= 11 is 0. The smallest absolute Gasteiger partial charge is 0.0661 e. The van der Waals surface area contributed by atoms with Gasteiger partial charge in [0.15, 0.2) is 0 Å². The molecule has 72 valence electrons. The van der Waals surface area contributed by atoms with Crippen LogP contribution >= 0.6 is 0 Å². The lowest BCUT2D eigenvalue weighted by molar-refractivity contribution is 1.21. The van der Waals surface area contributed by atoms with Crippen LogP contribution in [0, 0.1) is 0 Å². The molecule has 0 radical (unpaired) electrons. The Balaban J connectivity index is 0.000000322. The van der Waals surface area contributed by atoms with Crippen molar-refractivity contribution in [2.45, 2.75) is 34.1 Å². The maximum absolute atomic E-state index is 4.17. The highest BCUT2D eigenvalue weighted by Gasteiger charge is 2.01. The molecule has 0 saturated heterocycles. The van der Waals surface area contributed by atoms with Gasteiger partial charge in [-0.25, -0.2) is 0 Å². The van der Waals surface area contributed by atoms with E-state index in [2.05, 4.69) is 23.2 Å². The van der Waals surface area contributed by atoms with Crippen LogP contribution in [0.5, 0.6) is 0 Å². The van der Waals surface area contributed by atoms with Gasteiger partial charge in [-0.1, -0.05) is 39.8 Å². The van der Waals surface area contributed by atoms with Crippen LogP contribution in [-0.4, -0.2) is 4.98 Å². The van der Waals surface area contributed by atoms with E-state index < -0.39 is 0 Å². The average Bonchev–Trinajstić information content (AvgIpc) is 2.71. The summed E-state index contributed by atoms with van der Waals surface area (Å²) in [4.78, 5) is 4.17. The molecule has 1 aliphatic rings. The van der Waals surface area contributed by atoms with E-state index >= 15 is 0 Å². The van der Waals surface area contributed by atoms with Crippen molar-refractivity contribution in [3.63, 3.8) is 0 Å². The first kappa shape index (κ1) is 11.9. The maximum Gasteiger partial charge on any atom is 0.0661 e. The number of hydrogen-bond acceptors (Lipinski definition) is 1. The normalized spacial score (nSPS) is 10.5. The molecule has 13 heavy (non-hydrogen) atoms. The second kappa shape index (κ2) is 7.53. The summed E-state index contributed by atoms with van der Waals surface area (Å²) < 4.78 is 0. The monoisotopic (exact) mass is 177 g/mol. The molecular weight excluding hydrogens is 158 g/mol. The molecular formula is C12H19N. The molecule has 0 amide bonds. The van der Waals surface area contributed by atoms with E-state index in [9.17, 15) is 0 Å². The topological polar surface area (TPSA) is 12.9 Å². The molecule has 0 atom stereocenters. The van der Waals surface area contributed by atoms with E-state index in [1.54, 1.807) is 0 Å². The summed E-state index contributed by atoms with van der Waals surface area (Å²) in [6, 6.07) is 4.09. The van der Waals surface area contributed by atoms with Crippen molar-refractivity contribution >= 4 is 6.08 Å². The van der Waals surface area contributed by atoms with Gasteiger partial charge in [0.25, 0.3) is 0 Å². The Morgan fingerprint density at radius 3 is 2.46 bits per heavy atom. The zero-order valence-corrected chi connectivity index (χ0v) is 9.04. The van der Waals surface area contributed by atoms with Crippen molar-refractivity contribution in [3.05, 3.63) is 35.7 Å². The molecule has 0 fully saturated rings. The zero-order chi connectivity index (χ0) is 10.1. The SMILES string of the molecule is C1=Cc2ncccc2C1.CC.CC. The molecule has 0 unspecified atom stereocenters. The summed E-state index contributed by atoms with van der Waals surface area (Å²) in [5.41, 5.74) is 2.48. The Morgan fingerprint density at radius 1 is 1.15 bits per heavy atom. The Kier molecular flexibility index (Phi) is 6.89. The molecule has 1 nitrogen and oxygen atoms in total. The third-order valence-corrected chi connectivity index (χ3v) is 1.54. The number of aromatic nitrogens is 1. The molecule has 1 aliphatic carbocycles. The molecule has 1 heterocycles. The predicted octanol–water partition coefficient (Wildman–Crippen LogP) is 3.70. The first-order valence-corrected chi connectivity index (χ1v) is 5.07. The highest BCUT2D eigenvalue weighted by atomic mass is 14.7. The molecule has 0 spiro atoms. The van der Waals surface area contributed by atoms with Crippen molar-refractivity contribution in [2.75, 3.05) is 0 Å². The maximum atomic E-state index is 4.17. The van der Waals surface area contributed by atoms with Crippen LogP contribution in [0.15, 0.2) is 24.4 Å². The van der Waals surface area contributed by atoms with E-state index in [4.69, 9.17) is 0 Å². The van der Waals surface area contributed by atoms with Gasteiger partial charge in [-0.3, -0.25) is 4.98 Å². The van der Waals surface area contributed by atoms with Gasteiger partial charge >= 0.3 is 0 Å². The molecule has 1 aromatic rings. The Hall–Kier alpha value is -1.11. The lowest BCUT2D eigenvalue weighted by atomic mass is 10.2. The van der Waals surface area contributed by atoms with Crippen LogP contribution in [0.1, 0.15) is 39.0 Å². The Morgan fingerprint density at radius 2 is 1.85 bits per heavy atom. The third-order valence-electron chi connectivity index (χ3n) is 1.54. The summed E-state index contributed by atoms with van der Waals surface area (Å²) in [5, 5.41) is 0. The summed E-state index contributed by atoms with van der Waals surface area (Å²) in [7, 11) is 0. The van der Waals surface area contributed by atoms with E-state index in [0.29, 0.717) is 0 Å². The minimum Gasteiger partial charge on any atom is -0.257 e. The molecule has 0 N–H and O–H groups in total. The first-order chi connectivity index (χ1) is 6.47. The molecule has 0 aliphatic heterocycles. The number of fused-ring (bicyclic) bond motifs is 1. The van der Waals surface area contributed by atoms with E-state index in [0.717, 1.165) is 12.1 Å². The van der Waals surface area contributed by atoms with Crippen molar-refractivity contribution < 1.29 is 0 Å². The number of hydrogen-bond donors (Lipinski definition) is 0. The Labute approximate surface area is 81.5 Å². The van der Waals surface area contributed by atoms with Crippen molar-refractivity contribution in [1.82, 2.24) is 4.98 Å². The minimum absolute atomic E-state index is 1.06. The second-order valence-electron chi connectivity index (χ2n) is 2.15. The van der Waals surface area contributed by atoms with Crippen LogP contribution in [0.4, 0.5) is 0 Å². The molecule has 0 saturated carbocycles. The van der Waals surface area contributed by atoms with Crippen molar-refractivity contribution in [3.8, 4) is 0 Å². The lowest BCUT2D eigenvalue weighted by Crippen LogP contribution is -1.82. The van der Waals surface area contributed by atoms with Gasteiger partial charge in [-0.2, -0.15) is 0 Å². The van der Waals surface area contributed by atoms with Gasteiger partial charge in [0.2, 0.25) is 0 Å². The highest BCUT2D eigenvalue weighted by molar-refractivity contribution is 5.55. The molecule has 0 bridgehead atoms. The molecule has 1 heteroatoms. The number of pyridine rings is 1. The van der Waals surface area contributed by atoms with Crippen molar-refractivity contribution in [2.24, 2.45) is 0 Å². The van der Waals surface area contributed by atoms with Gasteiger partial charge in [0.1, 0.15) is 0 Å². The number of rotatable bonds is 0. The van der Waals surface area contributed by atoms with Crippen LogP contribution in [-0.2, 0) is 6.42 Å². The molecule has 0 aromatic carbocycles. The number of nitrogens with zero attached hydrogens (tertiary/aromatic N) is 1. The summed E-state index contributed by atoms with van der Waals surface area (Å²) in [6.45, 7) is 8.00. The van der Waals surface area contributed by atoms with E-state index in [1.807, 2.05) is 40.0 Å². The van der Waals surface area contributed by atoms with Crippen LogP contribution < -0.4 is 0 Å². The van der Waals surface area contributed by atoms with Crippen LogP contribution in [0.2, 0.25) is 0 Å². The van der Waals surface area contributed by atoms with Gasteiger partial charge in [0.05, 0.1) is 5.69 Å². The van der Waals surface area contributed by atoms with E-state index in [-0.39, 0.29) is 0 Å². The average molecular weight is 177 g/mol. The quantitative estimate of drug-likeness (QED) is 0.588.